The van der Waals surface area contributed by atoms with E-state index in [0.717, 1.165) is 12.1 Å². The van der Waals surface area contributed by atoms with Gasteiger partial charge in [0.15, 0.2) is 11.5 Å². The van der Waals surface area contributed by atoms with E-state index in [4.69, 9.17) is 14.2 Å². The number of benzene rings is 3. The molecule has 0 spiro atoms. The fourth-order valence-corrected chi connectivity index (χ4v) is 4.88. The molecule has 8 nitrogen and oxygen atoms in total. The average Bonchev–Trinajstić information content (AvgIpc) is 3.21. The summed E-state index contributed by atoms with van der Waals surface area (Å²) < 4.78 is 17.3. The summed E-state index contributed by atoms with van der Waals surface area (Å²) in [5.41, 5.74) is 2.13. The molecule has 1 atom stereocenters. The van der Waals surface area contributed by atoms with E-state index in [1.165, 1.54) is 0 Å². The molecule has 0 aliphatic carbocycles. The van der Waals surface area contributed by atoms with Crippen LogP contribution in [0, 0.1) is 0 Å². The molecule has 2 heterocycles. The third kappa shape index (κ3) is 5.76. The van der Waals surface area contributed by atoms with Crippen molar-refractivity contribution in [1.82, 2.24) is 9.80 Å². The summed E-state index contributed by atoms with van der Waals surface area (Å²) in [5, 5.41) is 11.4. The number of rotatable bonds is 9. The van der Waals surface area contributed by atoms with Crippen molar-refractivity contribution in [2.45, 2.75) is 19.1 Å². The number of nitrogens with zero attached hydrogens (tertiary/aromatic N) is 2. The first-order chi connectivity index (χ1) is 18.9. The Labute approximate surface area is 228 Å². The average molecular weight is 529 g/mol. The summed E-state index contributed by atoms with van der Waals surface area (Å²) in [6.07, 6.45) is 0.671. The van der Waals surface area contributed by atoms with Crippen LogP contribution in [-0.4, -0.2) is 67.0 Å². The number of hydrogen-bond donors (Lipinski definition) is 1. The molecule has 1 saturated heterocycles. The maximum Gasteiger partial charge on any atom is 0.295 e. The van der Waals surface area contributed by atoms with E-state index < -0.39 is 17.7 Å². The van der Waals surface area contributed by atoms with Crippen LogP contribution in [0.5, 0.6) is 17.2 Å². The Morgan fingerprint density at radius 2 is 1.74 bits per heavy atom. The molecule has 202 valence electrons. The maximum absolute atomic E-state index is 13.4. The third-order valence-electron chi connectivity index (χ3n) is 6.78. The molecule has 1 unspecified atom stereocenters. The monoisotopic (exact) mass is 528 g/mol. The van der Waals surface area contributed by atoms with E-state index >= 15 is 0 Å². The number of aliphatic hydroxyl groups is 1. The molecule has 1 amide bonds. The summed E-state index contributed by atoms with van der Waals surface area (Å²) >= 11 is 0. The van der Waals surface area contributed by atoms with Crippen LogP contribution in [0.4, 0.5) is 0 Å². The number of aliphatic hydroxyl groups excluding tert-OH is 1. The first-order valence-electron chi connectivity index (χ1n) is 13.0. The molecule has 3 aromatic rings. The van der Waals surface area contributed by atoms with Crippen molar-refractivity contribution in [1.29, 1.82) is 0 Å². The highest BCUT2D eigenvalue weighted by molar-refractivity contribution is 6.46. The summed E-state index contributed by atoms with van der Waals surface area (Å²) in [7, 11) is 3.92. The van der Waals surface area contributed by atoms with Gasteiger partial charge in [0.1, 0.15) is 31.3 Å². The van der Waals surface area contributed by atoms with Crippen LogP contribution in [0.15, 0.2) is 78.4 Å². The van der Waals surface area contributed by atoms with E-state index in [0.29, 0.717) is 61.2 Å². The van der Waals surface area contributed by atoms with Gasteiger partial charge in [0.25, 0.3) is 11.7 Å². The van der Waals surface area contributed by atoms with Crippen LogP contribution in [0.25, 0.3) is 5.76 Å². The summed E-state index contributed by atoms with van der Waals surface area (Å²) in [6, 6.07) is 21.4. The van der Waals surface area contributed by atoms with Crippen molar-refractivity contribution in [2.24, 2.45) is 0 Å². The van der Waals surface area contributed by atoms with Gasteiger partial charge in [0.2, 0.25) is 0 Å². The third-order valence-corrected chi connectivity index (χ3v) is 6.78. The molecule has 0 aromatic heterocycles. The van der Waals surface area contributed by atoms with Gasteiger partial charge in [-0.1, -0.05) is 42.5 Å². The predicted octanol–water partition coefficient (Wildman–Crippen LogP) is 4.41. The Bertz CT molecular complexity index is 1380. The van der Waals surface area contributed by atoms with Crippen LogP contribution < -0.4 is 14.2 Å². The number of ketones is 1. The zero-order valence-electron chi connectivity index (χ0n) is 22.1. The molecule has 3 aromatic carbocycles. The number of ether oxygens (including phenoxy) is 3. The lowest BCUT2D eigenvalue weighted by Crippen LogP contribution is -2.32. The van der Waals surface area contributed by atoms with E-state index in [1.54, 1.807) is 23.1 Å². The van der Waals surface area contributed by atoms with Gasteiger partial charge in [-0.05, 0) is 68.5 Å². The number of likely N-dealkylation sites (tertiary alicyclic amines) is 1. The lowest BCUT2D eigenvalue weighted by Gasteiger charge is -2.26. The molecule has 8 heteroatoms. The van der Waals surface area contributed by atoms with Gasteiger partial charge in [0, 0.05) is 12.1 Å². The zero-order chi connectivity index (χ0) is 27.4. The molecule has 1 N–H and O–H groups in total. The lowest BCUT2D eigenvalue weighted by molar-refractivity contribution is -0.139. The summed E-state index contributed by atoms with van der Waals surface area (Å²) in [4.78, 5) is 30.2. The fraction of sp³-hybridized carbons (Fsp3) is 0.290. The van der Waals surface area contributed by atoms with Crippen LogP contribution >= 0.6 is 0 Å². The minimum atomic E-state index is -0.763. The Hall–Kier alpha value is -4.30. The highest BCUT2D eigenvalue weighted by Crippen LogP contribution is 2.41. The van der Waals surface area contributed by atoms with Crippen LogP contribution in [0.2, 0.25) is 0 Å². The molecule has 5 rings (SSSR count). The number of carbonyl (C=O) groups is 2. The Morgan fingerprint density at radius 1 is 0.974 bits per heavy atom. The molecule has 0 saturated carbocycles. The van der Waals surface area contributed by atoms with E-state index in [9.17, 15) is 14.7 Å². The normalized spacial score (nSPS) is 18.0. The van der Waals surface area contributed by atoms with Crippen molar-refractivity contribution in [2.75, 3.05) is 40.4 Å². The topological polar surface area (TPSA) is 88.5 Å². The van der Waals surface area contributed by atoms with Crippen LogP contribution in [-0.2, 0) is 16.2 Å². The maximum atomic E-state index is 13.4. The van der Waals surface area contributed by atoms with E-state index in [2.05, 4.69) is 0 Å². The summed E-state index contributed by atoms with van der Waals surface area (Å²) in [6.45, 7) is 2.32. The second-order valence-corrected chi connectivity index (χ2v) is 9.85. The van der Waals surface area contributed by atoms with Crippen molar-refractivity contribution in [3.05, 3.63) is 95.1 Å². The van der Waals surface area contributed by atoms with Gasteiger partial charge in [0.05, 0.1) is 11.6 Å². The molecule has 2 aliphatic heterocycles. The van der Waals surface area contributed by atoms with Gasteiger partial charge in [-0.15, -0.1) is 0 Å². The molecular weight excluding hydrogens is 496 g/mol. The first-order valence-corrected chi connectivity index (χ1v) is 13.0. The summed E-state index contributed by atoms with van der Waals surface area (Å²) in [5.74, 6) is 0.0667. The molecule has 0 radical (unpaired) electrons. The highest BCUT2D eigenvalue weighted by atomic mass is 16.6. The number of fused-ring (bicyclic) bond motifs is 1. The number of amides is 1. The standard InChI is InChI=1S/C31H32N2O6/c1-32(2)14-7-15-33-28(22-10-6-11-24(18-22)39-20-21-8-4-3-5-9-21)27(30(35)31(33)36)29(34)23-12-13-25-26(19-23)38-17-16-37-25/h3-6,8-13,18-19,28,34H,7,14-17,20H2,1-2H3/b29-27+. The van der Waals surface area contributed by atoms with Crippen molar-refractivity contribution in [3.63, 3.8) is 0 Å². The molecular formula is C31H32N2O6. The SMILES string of the molecule is CN(C)CCCN1C(=O)C(=O)/C(=C(/O)c2ccc3c(c2)OCCO3)C1c1cccc(OCc2ccccc2)c1. The Kier molecular flexibility index (Phi) is 7.84. The van der Waals surface area contributed by atoms with Crippen molar-refractivity contribution < 1.29 is 28.9 Å². The number of Topliss-reactive ketones (excluding diaryl/α,β-unsaturated/α-hetero) is 1. The van der Waals surface area contributed by atoms with Gasteiger partial charge >= 0.3 is 0 Å². The van der Waals surface area contributed by atoms with Gasteiger partial charge in [-0.2, -0.15) is 0 Å². The van der Waals surface area contributed by atoms with E-state index in [-0.39, 0.29) is 11.3 Å². The Morgan fingerprint density at radius 3 is 2.51 bits per heavy atom. The van der Waals surface area contributed by atoms with Gasteiger partial charge in [-0.3, -0.25) is 9.59 Å². The second kappa shape index (κ2) is 11.6. The molecule has 39 heavy (non-hydrogen) atoms. The number of hydrogen-bond acceptors (Lipinski definition) is 7. The fourth-order valence-electron chi connectivity index (χ4n) is 4.88. The zero-order valence-corrected chi connectivity index (χ0v) is 22.1. The van der Waals surface area contributed by atoms with Gasteiger partial charge < -0.3 is 29.1 Å². The minimum absolute atomic E-state index is 0.0433. The number of carbonyl (C=O) groups excluding carboxylic acids is 2. The van der Waals surface area contributed by atoms with Crippen molar-refractivity contribution in [3.8, 4) is 17.2 Å². The van der Waals surface area contributed by atoms with Crippen LogP contribution in [0.3, 0.4) is 0 Å². The highest BCUT2D eigenvalue weighted by Gasteiger charge is 2.46. The smallest absolute Gasteiger partial charge is 0.295 e. The predicted molar refractivity (Wildman–Crippen MR) is 147 cm³/mol. The van der Waals surface area contributed by atoms with Gasteiger partial charge in [-0.25, -0.2) is 0 Å². The van der Waals surface area contributed by atoms with Crippen LogP contribution in [0.1, 0.15) is 29.2 Å². The molecule has 2 aliphatic rings. The molecule has 0 bridgehead atoms. The quantitative estimate of drug-likeness (QED) is 0.250. The van der Waals surface area contributed by atoms with E-state index in [1.807, 2.05) is 73.6 Å². The first kappa shape index (κ1) is 26.3. The lowest BCUT2D eigenvalue weighted by atomic mass is 9.95. The Balaban J connectivity index is 1.52. The largest absolute Gasteiger partial charge is 0.507 e. The van der Waals surface area contributed by atoms with Crippen molar-refractivity contribution >= 4 is 17.4 Å². The second-order valence-electron chi connectivity index (χ2n) is 9.85. The minimum Gasteiger partial charge on any atom is -0.507 e. The molecule has 1 fully saturated rings.